The maximum absolute atomic E-state index is 5.33. The Balaban J connectivity index is 0.000000108. The maximum atomic E-state index is 5.33. The van der Waals surface area contributed by atoms with Crippen LogP contribution < -0.4 is 0 Å². The van der Waals surface area contributed by atoms with Crippen LogP contribution in [0.5, 0.6) is 0 Å². The summed E-state index contributed by atoms with van der Waals surface area (Å²) in [5.41, 5.74) is 38.0. The molecule has 702 valence electrons. The average Bonchev–Trinajstić information content (AvgIpc) is 1.58. The summed E-state index contributed by atoms with van der Waals surface area (Å²) in [6.07, 6.45) is 9.32. The van der Waals surface area contributed by atoms with E-state index in [0.717, 1.165) is 190 Å². The molecule has 0 radical (unpaired) electrons. The molecule has 0 amide bonds. The van der Waals surface area contributed by atoms with Gasteiger partial charge in [-0.15, -0.1) is 0 Å². The summed E-state index contributed by atoms with van der Waals surface area (Å²) in [7, 11) is 0. The molecule has 0 aliphatic rings. The second-order valence-electron chi connectivity index (χ2n) is 37.8. The van der Waals surface area contributed by atoms with Gasteiger partial charge in [0.15, 0.2) is 0 Å². The molecule has 0 saturated carbocycles. The number of pyridine rings is 7. The third-order valence-corrected chi connectivity index (χ3v) is 29.2. The summed E-state index contributed by atoms with van der Waals surface area (Å²) < 4.78 is 13.9. The molecule has 13 heterocycles. The molecule has 0 aliphatic carbocycles. The van der Waals surface area contributed by atoms with E-state index in [9.17, 15) is 0 Å². The molecular formula is C137H89N13. The number of hydrogen-bond acceptors (Lipinski definition) is 7. The molecule has 13 aromatic heterocycles. The molecule has 0 fully saturated rings. The number of benzene rings is 17. The van der Waals surface area contributed by atoms with E-state index >= 15 is 0 Å². The zero-order chi connectivity index (χ0) is 99.1. The predicted octanol–water partition coefficient (Wildman–Crippen LogP) is 34.4. The largest absolute Gasteiger partial charge is 0.309 e. The van der Waals surface area contributed by atoms with E-state index in [1.54, 1.807) is 0 Å². The highest BCUT2D eigenvalue weighted by Gasteiger charge is 2.27. The van der Waals surface area contributed by atoms with Crippen LogP contribution in [0.3, 0.4) is 0 Å². The first-order chi connectivity index (χ1) is 74.4. The van der Waals surface area contributed by atoms with Gasteiger partial charge in [-0.05, 0) is 257 Å². The van der Waals surface area contributed by atoms with Crippen molar-refractivity contribution in [3.05, 3.63) is 541 Å². The Hall–Kier alpha value is -20.4. The van der Waals surface area contributed by atoms with Crippen LogP contribution in [0.4, 0.5) is 0 Å². The van der Waals surface area contributed by atoms with Gasteiger partial charge >= 0.3 is 0 Å². The van der Waals surface area contributed by atoms with Gasteiger partial charge in [0, 0.05) is 146 Å². The summed E-state index contributed by atoms with van der Waals surface area (Å²) in [5, 5.41) is 14.2. The second kappa shape index (κ2) is 37.1. The van der Waals surface area contributed by atoms with Gasteiger partial charge in [0.05, 0.1) is 83.8 Å². The Morgan fingerprint density at radius 2 is 0.433 bits per heavy atom. The minimum Gasteiger partial charge on any atom is -0.309 e. The molecule has 0 spiro atoms. The van der Waals surface area contributed by atoms with Gasteiger partial charge in [0.1, 0.15) is 22.8 Å². The fourth-order valence-corrected chi connectivity index (χ4v) is 22.6. The molecule has 17 aromatic carbocycles. The van der Waals surface area contributed by atoms with Gasteiger partial charge in [-0.25, -0.2) is 24.9 Å². The Morgan fingerprint density at radius 3 is 0.807 bits per heavy atom. The third-order valence-electron chi connectivity index (χ3n) is 29.2. The molecule has 13 nitrogen and oxygen atoms in total. The lowest BCUT2D eigenvalue weighted by Crippen LogP contribution is -2.00. The summed E-state index contributed by atoms with van der Waals surface area (Å²) in [6.45, 7) is 0. The van der Waals surface area contributed by atoms with Gasteiger partial charge in [0.2, 0.25) is 0 Å². The minimum absolute atomic E-state index is 0.890. The normalized spacial score (nSPS) is 11.6. The smallest absolute Gasteiger partial charge is 0.145 e. The molecule has 13 heteroatoms. The highest BCUT2D eigenvalue weighted by molar-refractivity contribution is 6.21. The highest BCUT2D eigenvalue weighted by Crippen LogP contribution is 2.48. The first-order valence-corrected chi connectivity index (χ1v) is 50.6. The predicted molar refractivity (Wildman–Crippen MR) is 619 cm³/mol. The second-order valence-corrected chi connectivity index (χ2v) is 37.8. The monoisotopic (exact) mass is 1920 g/mol. The number of rotatable bonds is 15. The van der Waals surface area contributed by atoms with Crippen LogP contribution in [0.25, 0.3) is 266 Å². The molecule has 0 N–H and O–H groups in total. The molecule has 0 saturated heterocycles. The van der Waals surface area contributed by atoms with E-state index in [2.05, 4.69) is 470 Å². The van der Waals surface area contributed by atoms with Crippen LogP contribution in [-0.2, 0) is 0 Å². The quantitative estimate of drug-likeness (QED) is 0.100. The lowest BCUT2D eigenvalue weighted by Gasteiger charge is -2.13. The number of para-hydroxylation sites is 6. The van der Waals surface area contributed by atoms with Crippen molar-refractivity contribution in [2.75, 3.05) is 0 Å². The standard InChI is InChI=1S/2C46H30N4.C45H29N5/c1-4-14-31(15-5-1)34-29-40(32-16-6-2-7-17-32)48-44(30-34)50-41-23-11-10-20-38(41)45-36(21-12-24-43(45)50)33-25-26-42-39(28-33)37-22-13-27-47-46(37)49(42)35-18-8-3-9-19-35;1-4-14-31(15-5-1)40-29-35(30-41(48-40)32-16-6-2-7-17-32)49-42-23-11-10-20-38(42)45-36(21-12-24-44(45)49)33-25-26-43-39(28-33)37-22-13-27-47-46(37)50(43)34-18-8-3-9-19-34;1-2-12-33(13-3-1)50-42-22-21-30(29-38(42)36-16-11-25-48-45(36)50)35-15-10-20-43-44(35)37-14-4-5-19-41(37)49(43)34-27-31(39-17-6-8-23-46-39)26-32(28-34)40-18-7-9-24-47-40/h2*1-30H;1-29H. The van der Waals surface area contributed by atoms with Crippen LogP contribution in [0, 0.1) is 0 Å². The molecule has 30 rings (SSSR count). The molecule has 0 unspecified atom stereocenters. The summed E-state index contributed by atoms with van der Waals surface area (Å²) in [6, 6.07) is 180. The van der Waals surface area contributed by atoms with Crippen molar-refractivity contribution in [1.29, 1.82) is 0 Å². The van der Waals surface area contributed by atoms with Crippen molar-refractivity contribution < 1.29 is 0 Å². The molecular weight excluding hydrogens is 1830 g/mol. The van der Waals surface area contributed by atoms with Crippen molar-refractivity contribution in [1.82, 2.24) is 62.3 Å². The van der Waals surface area contributed by atoms with E-state index < -0.39 is 0 Å². The van der Waals surface area contributed by atoms with Crippen molar-refractivity contribution in [3.8, 4) is 135 Å². The van der Waals surface area contributed by atoms with Gasteiger partial charge < -0.3 is 9.13 Å². The zero-order valence-corrected chi connectivity index (χ0v) is 81.2. The van der Waals surface area contributed by atoms with E-state index in [-0.39, 0.29) is 0 Å². The third kappa shape index (κ3) is 15.2. The fourth-order valence-electron chi connectivity index (χ4n) is 22.6. The molecule has 30 aromatic rings. The molecule has 0 bridgehead atoms. The Labute approximate surface area is 863 Å². The summed E-state index contributed by atoms with van der Waals surface area (Å²) >= 11 is 0. The Bertz CT molecular complexity index is 9320. The summed E-state index contributed by atoms with van der Waals surface area (Å²) in [5.74, 6) is 0.890. The van der Waals surface area contributed by atoms with E-state index in [4.69, 9.17) is 34.9 Å². The highest BCUT2D eigenvalue weighted by atomic mass is 15.1. The lowest BCUT2D eigenvalue weighted by atomic mass is 9.98. The summed E-state index contributed by atoms with van der Waals surface area (Å²) in [4.78, 5) is 34.4. The van der Waals surface area contributed by atoms with Gasteiger partial charge in [-0.2, -0.15) is 0 Å². The zero-order valence-electron chi connectivity index (χ0n) is 81.2. The average molecular weight is 1920 g/mol. The van der Waals surface area contributed by atoms with Crippen molar-refractivity contribution >= 4 is 131 Å². The van der Waals surface area contributed by atoms with Gasteiger partial charge in [-0.1, -0.05) is 297 Å². The van der Waals surface area contributed by atoms with Crippen molar-refractivity contribution in [2.24, 2.45) is 0 Å². The number of hydrogen-bond donors (Lipinski definition) is 0. The van der Waals surface area contributed by atoms with Crippen LogP contribution in [0.1, 0.15) is 0 Å². The number of aromatic nitrogens is 13. The first kappa shape index (κ1) is 87.4. The first-order valence-electron chi connectivity index (χ1n) is 50.6. The van der Waals surface area contributed by atoms with E-state index in [1.807, 2.05) is 97.7 Å². The fraction of sp³-hybridized carbons (Fsp3) is 0. The topological polar surface area (TPSA) is 120 Å². The Kier molecular flexibility index (Phi) is 21.6. The van der Waals surface area contributed by atoms with Gasteiger partial charge in [0.25, 0.3) is 0 Å². The van der Waals surface area contributed by atoms with Crippen LogP contribution in [0.15, 0.2) is 541 Å². The maximum Gasteiger partial charge on any atom is 0.145 e. The lowest BCUT2D eigenvalue weighted by molar-refractivity contribution is 1.08. The minimum atomic E-state index is 0.890. The number of nitrogens with zero attached hydrogens (tertiary/aromatic N) is 13. The SMILES string of the molecule is c1ccc(-c2cc(-c3ccccc3)nc(-n3c4ccccc4c4c(-c5ccc6c(c5)c5cccnc5n6-c5ccccc5)cccc43)c2)cc1.c1ccc(-c2cc(-n3c4ccccc4c4c(-c5ccc6c(c5)c5cccnc5n6-c5ccccc5)cccc43)cc(-c3ccccc3)n2)cc1.c1ccc(-n2c3ccc(-c4cccc5c4c4ccccc4n5-c4cc(-c5ccccn5)cc(-c5ccccn5)c4)cc3c3cccnc32)cc1. The molecule has 0 atom stereocenters. The van der Waals surface area contributed by atoms with Crippen LogP contribution in [-0.4, -0.2) is 62.3 Å². The van der Waals surface area contributed by atoms with E-state index in [0.29, 0.717) is 0 Å². The van der Waals surface area contributed by atoms with E-state index in [1.165, 1.54) is 76.3 Å². The molecule has 150 heavy (non-hydrogen) atoms. The number of fused-ring (bicyclic) bond motifs is 18. The van der Waals surface area contributed by atoms with Crippen molar-refractivity contribution in [3.63, 3.8) is 0 Å². The Morgan fingerprint density at radius 1 is 0.133 bits per heavy atom. The van der Waals surface area contributed by atoms with Gasteiger partial charge in [-0.3, -0.25) is 28.2 Å². The van der Waals surface area contributed by atoms with Crippen LogP contribution >= 0.6 is 0 Å². The van der Waals surface area contributed by atoms with Crippen LogP contribution in [0.2, 0.25) is 0 Å². The molecule has 0 aliphatic heterocycles. The van der Waals surface area contributed by atoms with Crippen molar-refractivity contribution in [2.45, 2.75) is 0 Å².